The summed E-state index contributed by atoms with van der Waals surface area (Å²) in [5.74, 6) is 0.679. The number of carbonyl (C=O) groups is 1. The summed E-state index contributed by atoms with van der Waals surface area (Å²) in [6.07, 6.45) is 1.75. The van der Waals surface area contributed by atoms with Crippen molar-refractivity contribution in [2.75, 3.05) is 38.3 Å². The van der Waals surface area contributed by atoms with Gasteiger partial charge in [0.15, 0.2) is 5.65 Å². The van der Waals surface area contributed by atoms with E-state index in [1.165, 1.54) is 0 Å². The minimum absolute atomic E-state index is 0.227. The summed E-state index contributed by atoms with van der Waals surface area (Å²) in [4.78, 5) is 22.0. The van der Waals surface area contributed by atoms with Crippen LogP contribution in [0, 0.1) is 17.2 Å². The van der Waals surface area contributed by atoms with Crippen LogP contribution < -0.4 is 10.2 Å². The number of nitriles is 1. The number of piperazine rings is 1. The van der Waals surface area contributed by atoms with Crippen LogP contribution in [-0.2, 0) is 13.1 Å². The average molecular weight is 530 g/mol. The third-order valence-electron chi connectivity index (χ3n) is 6.85. The first kappa shape index (κ1) is 26.3. The van der Waals surface area contributed by atoms with E-state index in [4.69, 9.17) is 10.4 Å². The Hall–Kier alpha value is -4.30. The highest BCUT2D eigenvalue weighted by Gasteiger charge is 2.29. The number of benzene rings is 1. The molecule has 1 aliphatic heterocycles. The second-order valence-corrected chi connectivity index (χ2v) is 10.3. The van der Waals surface area contributed by atoms with Crippen molar-refractivity contribution in [3.05, 3.63) is 65.5 Å². The highest BCUT2D eigenvalue weighted by Crippen LogP contribution is 2.27. The fraction of sp³-hybridized carbons (Fsp3) is 0.393. The lowest BCUT2D eigenvalue weighted by Crippen LogP contribution is -2.53. The van der Waals surface area contributed by atoms with Gasteiger partial charge in [0, 0.05) is 51.1 Å². The topological polar surface area (TPSA) is 107 Å². The smallest absolute Gasteiger partial charge is 0.270 e. The number of rotatable bonds is 8. The van der Waals surface area contributed by atoms with Gasteiger partial charge >= 0.3 is 0 Å². The maximum absolute atomic E-state index is 14.2. The van der Waals surface area contributed by atoms with E-state index in [9.17, 15) is 9.18 Å². The molecule has 1 N–H and O–H groups in total. The van der Waals surface area contributed by atoms with Crippen molar-refractivity contribution >= 4 is 17.4 Å². The minimum atomic E-state index is -0.524. The molecular weight excluding hydrogens is 497 g/mol. The molecule has 1 fully saturated rings. The molecule has 1 aliphatic rings. The van der Waals surface area contributed by atoms with Gasteiger partial charge in [-0.2, -0.15) is 20.0 Å². The maximum atomic E-state index is 14.2. The molecule has 10 nitrogen and oxygen atoms in total. The Morgan fingerprint density at radius 2 is 2.00 bits per heavy atom. The lowest BCUT2D eigenvalue weighted by molar-refractivity contribution is 0.0946. The Morgan fingerprint density at radius 3 is 2.72 bits per heavy atom. The molecule has 1 aromatic carbocycles. The van der Waals surface area contributed by atoms with Gasteiger partial charge < -0.3 is 15.1 Å². The molecule has 39 heavy (non-hydrogen) atoms. The molecule has 5 rings (SSSR count). The normalized spacial score (nSPS) is 16.1. The van der Waals surface area contributed by atoms with Crippen molar-refractivity contribution < 1.29 is 9.18 Å². The first-order valence-electron chi connectivity index (χ1n) is 13.1. The molecule has 0 radical (unpaired) electrons. The van der Waals surface area contributed by atoms with Gasteiger partial charge in [0.25, 0.3) is 5.91 Å². The number of nitrogens with zero attached hydrogens (tertiary/aromatic N) is 8. The van der Waals surface area contributed by atoms with E-state index in [2.05, 4.69) is 40.2 Å². The zero-order chi connectivity index (χ0) is 27.5. The van der Waals surface area contributed by atoms with Crippen molar-refractivity contribution in [3.63, 3.8) is 0 Å². The Bertz CT molecular complexity index is 1500. The largest absolute Gasteiger partial charge is 0.348 e. The number of hydrogen-bond donors (Lipinski definition) is 1. The highest BCUT2D eigenvalue weighted by molar-refractivity contribution is 5.93. The molecule has 1 amide bonds. The summed E-state index contributed by atoms with van der Waals surface area (Å²) in [6.45, 7) is 6.67. The predicted octanol–water partition coefficient (Wildman–Crippen LogP) is 3.14. The van der Waals surface area contributed by atoms with Crippen molar-refractivity contribution in [3.8, 4) is 17.5 Å². The lowest BCUT2D eigenvalue weighted by Gasteiger charge is -2.40. The van der Waals surface area contributed by atoms with Crippen LogP contribution in [0.3, 0.4) is 0 Å². The van der Waals surface area contributed by atoms with E-state index in [1.54, 1.807) is 41.0 Å². The van der Waals surface area contributed by atoms with E-state index in [0.717, 1.165) is 24.3 Å². The molecule has 0 saturated carbocycles. The molecular formula is C28H32FN9O. The third kappa shape index (κ3) is 5.61. The van der Waals surface area contributed by atoms with E-state index in [1.807, 2.05) is 28.8 Å². The van der Waals surface area contributed by atoms with Gasteiger partial charge in [-0.25, -0.2) is 9.37 Å². The monoisotopic (exact) mass is 529 g/mol. The van der Waals surface area contributed by atoms with E-state index >= 15 is 0 Å². The van der Waals surface area contributed by atoms with Gasteiger partial charge in [-0.05, 0) is 36.7 Å². The van der Waals surface area contributed by atoms with Crippen LogP contribution in [0.25, 0.3) is 17.0 Å². The Morgan fingerprint density at radius 1 is 1.21 bits per heavy atom. The first-order valence-corrected chi connectivity index (χ1v) is 13.1. The fourth-order valence-corrected chi connectivity index (χ4v) is 4.86. The number of hydrogen-bond acceptors (Lipinski definition) is 7. The number of alkyl halides is 1. The summed E-state index contributed by atoms with van der Waals surface area (Å²) in [5, 5.41) is 21.2. The third-order valence-corrected chi connectivity index (χ3v) is 6.85. The number of carbonyl (C=O) groups excluding carboxylic acids is 1. The highest BCUT2D eigenvalue weighted by atomic mass is 19.1. The first-order chi connectivity index (χ1) is 18.9. The SMILES string of the molecule is CC(C)Cn1nccc1-c1cc2nc(C(=O)NCc3ccc(C#N)cc3)cc(N3CCN(C)C[C@H]3CF)n2n1. The van der Waals surface area contributed by atoms with Gasteiger partial charge in [-0.3, -0.25) is 9.48 Å². The molecule has 4 aromatic rings. The van der Waals surface area contributed by atoms with Crippen LogP contribution in [-0.4, -0.2) is 74.6 Å². The number of fused-ring (bicyclic) bond motifs is 1. The Kier molecular flexibility index (Phi) is 7.56. The number of nitrogens with one attached hydrogen (secondary N) is 1. The van der Waals surface area contributed by atoms with Crippen LogP contribution in [0.4, 0.5) is 10.2 Å². The number of halogens is 1. The molecule has 0 spiro atoms. The summed E-state index contributed by atoms with van der Waals surface area (Å²) >= 11 is 0. The maximum Gasteiger partial charge on any atom is 0.270 e. The fourth-order valence-electron chi connectivity index (χ4n) is 4.86. The van der Waals surface area contributed by atoms with Crippen molar-refractivity contribution in [1.29, 1.82) is 5.26 Å². The average Bonchev–Trinajstić information content (AvgIpc) is 3.57. The molecule has 4 heterocycles. The Balaban J connectivity index is 1.52. The zero-order valence-corrected chi connectivity index (χ0v) is 22.4. The molecule has 11 heteroatoms. The van der Waals surface area contributed by atoms with Gasteiger partial charge in [-0.15, -0.1) is 0 Å². The van der Waals surface area contributed by atoms with Gasteiger partial charge in [0.05, 0.1) is 23.4 Å². The number of anilines is 1. The molecule has 0 unspecified atom stereocenters. The van der Waals surface area contributed by atoms with Gasteiger partial charge in [0.1, 0.15) is 23.9 Å². The van der Waals surface area contributed by atoms with Crippen LogP contribution in [0.2, 0.25) is 0 Å². The summed E-state index contributed by atoms with van der Waals surface area (Å²) in [6, 6.07) is 14.2. The van der Waals surface area contributed by atoms with Crippen LogP contribution in [0.1, 0.15) is 35.5 Å². The standard InChI is InChI=1S/C28H32FN9O/c1-19(2)17-37-25(8-9-32-37)23-12-26-33-24(28(39)31-16-21-6-4-20(15-30)5-7-21)13-27(38(26)34-23)36-11-10-35(3)18-22(36)14-29/h4-9,12-13,19,22H,10-11,14,16-18H2,1-3H3,(H,31,39)/t22-/m1/s1. The van der Waals surface area contributed by atoms with Crippen LogP contribution in [0.5, 0.6) is 0 Å². The Labute approximate surface area is 226 Å². The van der Waals surface area contributed by atoms with E-state index in [-0.39, 0.29) is 24.2 Å². The summed E-state index contributed by atoms with van der Waals surface area (Å²) in [5.41, 5.74) is 3.69. The number of amides is 1. The zero-order valence-electron chi connectivity index (χ0n) is 22.4. The molecule has 202 valence electrons. The molecule has 0 bridgehead atoms. The number of aromatic nitrogens is 5. The molecule has 3 aromatic heterocycles. The van der Waals surface area contributed by atoms with Crippen molar-refractivity contribution in [2.45, 2.75) is 33.0 Å². The molecule has 1 atom stereocenters. The van der Waals surface area contributed by atoms with Crippen molar-refractivity contribution in [1.82, 2.24) is 34.6 Å². The van der Waals surface area contributed by atoms with Gasteiger partial charge in [-0.1, -0.05) is 26.0 Å². The second-order valence-electron chi connectivity index (χ2n) is 10.3. The van der Waals surface area contributed by atoms with E-state index in [0.29, 0.717) is 41.7 Å². The van der Waals surface area contributed by atoms with Crippen LogP contribution in [0.15, 0.2) is 48.7 Å². The minimum Gasteiger partial charge on any atom is -0.348 e. The predicted molar refractivity (Wildman–Crippen MR) is 146 cm³/mol. The van der Waals surface area contributed by atoms with Crippen LogP contribution >= 0.6 is 0 Å². The number of likely N-dealkylation sites (N-methyl/N-ethyl adjacent to an activating group) is 1. The lowest BCUT2D eigenvalue weighted by atomic mass is 10.1. The summed E-state index contributed by atoms with van der Waals surface area (Å²) in [7, 11) is 1.98. The second kappa shape index (κ2) is 11.2. The van der Waals surface area contributed by atoms with Crippen molar-refractivity contribution in [2.24, 2.45) is 5.92 Å². The quantitative estimate of drug-likeness (QED) is 0.374. The van der Waals surface area contributed by atoms with Gasteiger partial charge in [0.2, 0.25) is 0 Å². The molecule has 1 saturated heterocycles. The van der Waals surface area contributed by atoms with E-state index < -0.39 is 6.67 Å². The molecule has 0 aliphatic carbocycles. The summed E-state index contributed by atoms with van der Waals surface area (Å²) < 4.78 is 17.8.